The zero-order chi connectivity index (χ0) is 26.2. The van der Waals surface area contributed by atoms with E-state index < -0.39 is 32.4 Å². The van der Waals surface area contributed by atoms with Gasteiger partial charge in [-0.3, -0.25) is 9.71 Å². The van der Waals surface area contributed by atoms with Crippen LogP contribution in [-0.2, 0) is 10.0 Å². The van der Waals surface area contributed by atoms with Crippen LogP contribution in [0.3, 0.4) is 0 Å². The van der Waals surface area contributed by atoms with E-state index in [0.717, 1.165) is 25.2 Å². The van der Waals surface area contributed by atoms with Gasteiger partial charge in [0.15, 0.2) is 5.82 Å². The van der Waals surface area contributed by atoms with Gasteiger partial charge in [-0.25, -0.2) is 26.6 Å². The first-order valence-corrected chi connectivity index (χ1v) is 12.8. The molecule has 0 saturated carbocycles. The van der Waals surface area contributed by atoms with Gasteiger partial charge in [0.05, 0.1) is 24.5 Å². The number of methoxy groups -OCH3 is 1. The molecular formula is C25H22F3N5O3S. The van der Waals surface area contributed by atoms with Gasteiger partial charge >= 0.3 is 0 Å². The largest absolute Gasteiger partial charge is 0.480 e. The predicted octanol–water partition coefficient (Wildman–Crippen LogP) is 3.93. The van der Waals surface area contributed by atoms with Crippen molar-refractivity contribution in [1.29, 1.82) is 0 Å². The van der Waals surface area contributed by atoms with E-state index in [1.54, 1.807) is 18.2 Å². The van der Waals surface area contributed by atoms with Crippen molar-refractivity contribution in [2.24, 2.45) is 0 Å². The Bertz CT molecular complexity index is 1590. The van der Waals surface area contributed by atoms with Gasteiger partial charge in [-0.2, -0.15) is 0 Å². The van der Waals surface area contributed by atoms with Crippen molar-refractivity contribution in [3.63, 3.8) is 0 Å². The molecule has 12 heteroatoms. The van der Waals surface area contributed by atoms with E-state index in [1.165, 1.54) is 25.6 Å². The lowest BCUT2D eigenvalue weighted by Crippen LogP contribution is -2.44. The predicted molar refractivity (Wildman–Crippen MR) is 134 cm³/mol. The third kappa shape index (κ3) is 4.89. The van der Waals surface area contributed by atoms with E-state index in [-0.39, 0.29) is 11.6 Å². The molecule has 0 atom stereocenters. The topological polar surface area (TPSA) is 96.5 Å². The van der Waals surface area contributed by atoms with Crippen LogP contribution >= 0.6 is 0 Å². The number of anilines is 2. The molecule has 4 aromatic rings. The number of nitrogens with zero attached hydrogens (tertiary/aromatic N) is 3. The van der Waals surface area contributed by atoms with Crippen LogP contribution in [0.25, 0.3) is 22.0 Å². The molecule has 0 amide bonds. The van der Waals surface area contributed by atoms with Crippen LogP contribution < -0.4 is 19.7 Å². The first-order valence-electron chi connectivity index (χ1n) is 11.3. The second kappa shape index (κ2) is 9.87. The highest BCUT2D eigenvalue weighted by atomic mass is 32.2. The Morgan fingerprint density at radius 2 is 1.73 bits per heavy atom. The third-order valence-electron chi connectivity index (χ3n) is 6.03. The number of benzene rings is 2. The van der Waals surface area contributed by atoms with Crippen LogP contribution in [-0.4, -0.2) is 51.7 Å². The van der Waals surface area contributed by atoms with Gasteiger partial charge in [0, 0.05) is 49.4 Å². The normalized spacial score (nSPS) is 14.1. The molecule has 0 aliphatic carbocycles. The SMILES string of the molecule is COc1ncc(-c2ccc3ncc(F)c(N4CCNCC4)c3c2)cc1NS(=O)(=O)c1ccc(F)cc1F. The molecule has 1 aliphatic rings. The molecule has 1 aliphatic heterocycles. The van der Waals surface area contributed by atoms with E-state index in [0.29, 0.717) is 46.9 Å². The van der Waals surface area contributed by atoms with Gasteiger partial charge in [0.2, 0.25) is 5.88 Å². The van der Waals surface area contributed by atoms with E-state index >= 15 is 0 Å². The highest BCUT2D eigenvalue weighted by Gasteiger charge is 2.23. The zero-order valence-electron chi connectivity index (χ0n) is 19.6. The average molecular weight is 530 g/mol. The summed E-state index contributed by atoms with van der Waals surface area (Å²) in [5.74, 6) is -2.63. The molecule has 37 heavy (non-hydrogen) atoms. The van der Waals surface area contributed by atoms with Gasteiger partial charge in [-0.15, -0.1) is 0 Å². The molecule has 0 unspecified atom stereocenters. The van der Waals surface area contributed by atoms with Crippen LogP contribution in [0.1, 0.15) is 0 Å². The van der Waals surface area contributed by atoms with Crippen LogP contribution in [0, 0.1) is 17.5 Å². The molecule has 5 rings (SSSR count). The maximum Gasteiger partial charge on any atom is 0.264 e. The van der Waals surface area contributed by atoms with Gasteiger partial charge in [-0.05, 0) is 35.9 Å². The lowest BCUT2D eigenvalue weighted by Gasteiger charge is -2.30. The van der Waals surface area contributed by atoms with E-state index in [1.807, 2.05) is 4.90 Å². The second-order valence-electron chi connectivity index (χ2n) is 8.38. The number of sulfonamides is 1. The van der Waals surface area contributed by atoms with Crippen LogP contribution in [0.15, 0.2) is 59.8 Å². The smallest absolute Gasteiger partial charge is 0.264 e. The first-order chi connectivity index (χ1) is 17.8. The highest BCUT2D eigenvalue weighted by Crippen LogP contribution is 2.35. The third-order valence-corrected chi connectivity index (χ3v) is 7.43. The molecule has 0 radical (unpaired) electrons. The molecule has 1 saturated heterocycles. The Labute approximate surface area is 211 Å². The number of hydrogen-bond donors (Lipinski definition) is 2. The summed E-state index contributed by atoms with van der Waals surface area (Å²) in [5.41, 5.74) is 2.12. The summed E-state index contributed by atoms with van der Waals surface area (Å²) in [5, 5.41) is 3.85. The summed E-state index contributed by atoms with van der Waals surface area (Å²) < 4.78 is 75.6. The van der Waals surface area contributed by atoms with Gasteiger partial charge < -0.3 is 15.0 Å². The maximum atomic E-state index is 14.9. The Morgan fingerprint density at radius 1 is 0.946 bits per heavy atom. The van der Waals surface area contributed by atoms with E-state index in [9.17, 15) is 21.6 Å². The van der Waals surface area contributed by atoms with Crippen molar-refractivity contribution in [1.82, 2.24) is 15.3 Å². The van der Waals surface area contributed by atoms with Crippen molar-refractivity contribution in [2.75, 3.05) is 42.9 Å². The molecule has 2 aromatic heterocycles. The Morgan fingerprint density at radius 3 is 2.46 bits per heavy atom. The monoisotopic (exact) mass is 529 g/mol. The number of fused-ring (bicyclic) bond motifs is 1. The summed E-state index contributed by atoms with van der Waals surface area (Å²) in [6.45, 7) is 2.72. The quantitative estimate of drug-likeness (QED) is 0.391. The summed E-state index contributed by atoms with van der Waals surface area (Å²) in [4.78, 5) is 9.63. The lowest BCUT2D eigenvalue weighted by atomic mass is 10.0. The maximum absolute atomic E-state index is 14.9. The minimum Gasteiger partial charge on any atom is -0.480 e. The fraction of sp³-hybridized carbons (Fsp3) is 0.200. The van der Waals surface area contributed by atoms with E-state index in [4.69, 9.17) is 4.74 Å². The van der Waals surface area contributed by atoms with Crippen LogP contribution in [0.2, 0.25) is 0 Å². The molecule has 3 heterocycles. The van der Waals surface area contributed by atoms with Crippen molar-refractivity contribution < 1.29 is 26.3 Å². The van der Waals surface area contributed by atoms with Crippen LogP contribution in [0.4, 0.5) is 24.5 Å². The van der Waals surface area contributed by atoms with Crippen molar-refractivity contribution in [3.8, 4) is 17.0 Å². The standard InChI is InChI=1S/C25H22F3N5O3S/c1-36-25-22(32-37(34,35)23-5-3-17(26)12-19(23)27)11-16(13-31-25)15-2-4-21-18(10-15)24(20(28)14-30-21)33-8-6-29-7-9-33/h2-5,10-14,29,32H,6-9H2,1H3. The Kier molecular flexibility index (Phi) is 6.61. The number of piperazine rings is 1. The number of halogens is 3. The molecule has 1 fully saturated rings. The van der Waals surface area contributed by atoms with E-state index in [2.05, 4.69) is 20.0 Å². The molecule has 0 spiro atoms. The minimum atomic E-state index is -4.44. The first kappa shape index (κ1) is 24.8. The summed E-state index contributed by atoms with van der Waals surface area (Å²) in [6, 6.07) is 8.92. The molecule has 0 bridgehead atoms. The highest BCUT2D eigenvalue weighted by molar-refractivity contribution is 7.92. The van der Waals surface area contributed by atoms with Gasteiger partial charge in [0.25, 0.3) is 10.0 Å². The summed E-state index contributed by atoms with van der Waals surface area (Å²) in [6.07, 6.45) is 2.68. The number of pyridine rings is 2. The van der Waals surface area contributed by atoms with Crippen molar-refractivity contribution in [2.45, 2.75) is 4.90 Å². The number of hydrogen-bond acceptors (Lipinski definition) is 7. The fourth-order valence-electron chi connectivity index (χ4n) is 4.28. The second-order valence-corrected chi connectivity index (χ2v) is 10.0. The van der Waals surface area contributed by atoms with Gasteiger partial charge in [-0.1, -0.05) is 6.07 Å². The summed E-state index contributed by atoms with van der Waals surface area (Å²) >= 11 is 0. The Hall–Kier alpha value is -3.90. The fourth-order valence-corrected chi connectivity index (χ4v) is 5.39. The Balaban J connectivity index is 1.56. The number of rotatable bonds is 6. The van der Waals surface area contributed by atoms with Crippen molar-refractivity contribution in [3.05, 3.63) is 72.3 Å². The molecule has 8 nitrogen and oxygen atoms in total. The lowest BCUT2D eigenvalue weighted by molar-refractivity contribution is 0.400. The minimum absolute atomic E-state index is 0.0511. The molecule has 2 aromatic carbocycles. The molecule has 2 N–H and O–H groups in total. The van der Waals surface area contributed by atoms with Gasteiger partial charge in [0.1, 0.15) is 22.2 Å². The number of aromatic nitrogens is 2. The average Bonchev–Trinajstić information content (AvgIpc) is 2.88. The number of nitrogens with one attached hydrogen (secondary N) is 2. The van der Waals surface area contributed by atoms with Crippen molar-refractivity contribution >= 4 is 32.3 Å². The number of ether oxygens (including phenoxy) is 1. The molecular weight excluding hydrogens is 507 g/mol. The zero-order valence-corrected chi connectivity index (χ0v) is 20.4. The molecule has 192 valence electrons. The van der Waals surface area contributed by atoms with Crippen LogP contribution in [0.5, 0.6) is 5.88 Å². The summed E-state index contributed by atoms with van der Waals surface area (Å²) in [7, 11) is -3.13.